The maximum absolute atomic E-state index is 6.16. The third kappa shape index (κ3) is 2.88. The Bertz CT molecular complexity index is 915. The summed E-state index contributed by atoms with van der Waals surface area (Å²) in [5.74, 6) is 0.735. The van der Waals surface area contributed by atoms with E-state index in [0.717, 1.165) is 28.9 Å². The topological polar surface area (TPSA) is 50.2 Å². The number of anilines is 1. The Balaban J connectivity index is 1.68. The standard InChI is InChI=1S/C17H14Cl2N4S/c18-12-5-3-6-13(19)11(12)8-22-23-16-15-10-4-1-2-7-14(10)24-17(15)21-9-20-16/h3,5-6,8-9H,1-2,4,7H2,(H,20,21,23)/b22-8+. The van der Waals surface area contributed by atoms with Gasteiger partial charge < -0.3 is 0 Å². The number of benzene rings is 1. The first-order valence-electron chi connectivity index (χ1n) is 7.72. The van der Waals surface area contributed by atoms with E-state index >= 15 is 0 Å². The number of nitrogens with zero attached hydrogens (tertiary/aromatic N) is 3. The zero-order valence-corrected chi connectivity index (χ0v) is 15.0. The van der Waals surface area contributed by atoms with Gasteiger partial charge in [0.15, 0.2) is 5.82 Å². The van der Waals surface area contributed by atoms with Crippen LogP contribution in [0.1, 0.15) is 28.8 Å². The molecule has 2 heterocycles. The van der Waals surface area contributed by atoms with Crippen molar-refractivity contribution in [3.63, 3.8) is 0 Å². The molecule has 0 radical (unpaired) electrons. The van der Waals surface area contributed by atoms with Gasteiger partial charge in [-0.3, -0.25) is 5.43 Å². The molecule has 1 aromatic carbocycles. The van der Waals surface area contributed by atoms with Crippen molar-refractivity contribution >= 4 is 56.8 Å². The Labute approximate surface area is 153 Å². The monoisotopic (exact) mass is 376 g/mol. The number of halogens is 2. The molecule has 0 aliphatic heterocycles. The van der Waals surface area contributed by atoms with Gasteiger partial charge in [0, 0.05) is 10.4 Å². The lowest BCUT2D eigenvalue weighted by atomic mass is 9.97. The van der Waals surface area contributed by atoms with Crippen LogP contribution in [-0.4, -0.2) is 16.2 Å². The largest absolute Gasteiger partial charge is 0.261 e. The van der Waals surface area contributed by atoms with Crippen LogP contribution >= 0.6 is 34.5 Å². The number of aromatic nitrogens is 2. The van der Waals surface area contributed by atoms with E-state index < -0.39 is 0 Å². The number of aryl methyl sites for hydroxylation is 2. The van der Waals surface area contributed by atoms with Crippen LogP contribution < -0.4 is 5.43 Å². The minimum Gasteiger partial charge on any atom is -0.261 e. The van der Waals surface area contributed by atoms with Crippen molar-refractivity contribution in [2.24, 2.45) is 5.10 Å². The van der Waals surface area contributed by atoms with Gasteiger partial charge in [-0.15, -0.1) is 11.3 Å². The molecule has 0 amide bonds. The van der Waals surface area contributed by atoms with Gasteiger partial charge in [-0.1, -0.05) is 29.3 Å². The molecule has 3 aromatic rings. The molecule has 1 aliphatic rings. The van der Waals surface area contributed by atoms with E-state index in [9.17, 15) is 0 Å². The van der Waals surface area contributed by atoms with Crippen molar-refractivity contribution in [3.05, 3.63) is 50.6 Å². The van der Waals surface area contributed by atoms with Crippen LogP contribution in [0.15, 0.2) is 29.6 Å². The zero-order chi connectivity index (χ0) is 16.5. The smallest absolute Gasteiger partial charge is 0.158 e. The summed E-state index contributed by atoms with van der Waals surface area (Å²) in [6.45, 7) is 0. The maximum Gasteiger partial charge on any atom is 0.158 e. The van der Waals surface area contributed by atoms with Crippen LogP contribution in [-0.2, 0) is 12.8 Å². The molecule has 4 rings (SSSR count). The first-order valence-corrected chi connectivity index (χ1v) is 9.29. The molecule has 7 heteroatoms. The summed E-state index contributed by atoms with van der Waals surface area (Å²) in [4.78, 5) is 11.2. The molecule has 0 saturated carbocycles. The van der Waals surface area contributed by atoms with E-state index in [0.29, 0.717) is 15.6 Å². The fraction of sp³-hybridized carbons (Fsp3) is 0.235. The van der Waals surface area contributed by atoms with E-state index in [-0.39, 0.29) is 0 Å². The minimum absolute atomic E-state index is 0.564. The van der Waals surface area contributed by atoms with E-state index in [1.165, 1.54) is 23.3 Å². The number of hydrazone groups is 1. The fourth-order valence-electron chi connectivity index (χ4n) is 2.97. The molecule has 0 bridgehead atoms. The number of nitrogens with one attached hydrogen (secondary N) is 1. The van der Waals surface area contributed by atoms with E-state index in [1.807, 2.05) is 0 Å². The van der Waals surface area contributed by atoms with Crippen molar-refractivity contribution in [3.8, 4) is 0 Å². The first kappa shape index (κ1) is 15.8. The lowest BCUT2D eigenvalue weighted by Gasteiger charge is -2.11. The molecule has 122 valence electrons. The quantitative estimate of drug-likeness (QED) is 0.496. The van der Waals surface area contributed by atoms with E-state index in [2.05, 4.69) is 20.5 Å². The highest BCUT2D eigenvalue weighted by Gasteiger charge is 2.19. The van der Waals surface area contributed by atoms with E-state index in [1.54, 1.807) is 42.1 Å². The summed E-state index contributed by atoms with van der Waals surface area (Å²) >= 11 is 14.1. The van der Waals surface area contributed by atoms with Gasteiger partial charge in [0.1, 0.15) is 11.2 Å². The van der Waals surface area contributed by atoms with Crippen LogP contribution in [0.4, 0.5) is 5.82 Å². The summed E-state index contributed by atoms with van der Waals surface area (Å²) in [5, 5.41) is 6.51. The Morgan fingerprint density at radius 1 is 1.12 bits per heavy atom. The SMILES string of the molecule is Clc1cccc(Cl)c1/C=N/Nc1ncnc2sc3c(c12)CCCC3. The minimum atomic E-state index is 0.564. The number of thiophene rings is 1. The Morgan fingerprint density at radius 2 is 1.92 bits per heavy atom. The Hall–Kier alpha value is -1.69. The number of hydrogen-bond acceptors (Lipinski definition) is 5. The number of fused-ring (bicyclic) bond motifs is 3. The van der Waals surface area contributed by atoms with Crippen molar-refractivity contribution in [1.29, 1.82) is 0 Å². The van der Waals surface area contributed by atoms with Crippen molar-refractivity contribution < 1.29 is 0 Å². The molecule has 1 aliphatic carbocycles. The summed E-state index contributed by atoms with van der Waals surface area (Å²) in [6.07, 6.45) is 7.87. The molecule has 0 unspecified atom stereocenters. The normalized spacial score (nSPS) is 14.2. The van der Waals surface area contributed by atoms with Crippen molar-refractivity contribution in [2.45, 2.75) is 25.7 Å². The van der Waals surface area contributed by atoms with Crippen molar-refractivity contribution in [2.75, 3.05) is 5.43 Å². The van der Waals surface area contributed by atoms with Gasteiger partial charge in [-0.05, 0) is 43.4 Å². The van der Waals surface area contributed by atoms with Crippen LogP contribution in [0.3, 0.4) is 0 Å². The van der Waals surface area contributed by atoms with Gasteiger partial charge in [-0.25, -0.2) is 9.97 Å². The highest BCUT2D eigenvalue weighted by atomic mass is 35.5. The second-order valence-electron chi connectivity index (χ2n) is 5.62. The third-order valence-electron chi connectivity index (χ3n) is 4.12. The molecule has 1 N–H and O–H groups in total. The highest BCUT2D eigenvalue weighted by molar-refractivity contribution is 7.19. The third-order valence-corrected chi connectivity index (χ3v) is 5.97. The molecule has 24 heavy (non-hydrogen) atoms. The number of hydrogen-bond donors (Lipinski definition) is 1. The summed E-state index contributed by atoms with van der Waals surface area (Å²) < 4.78 is 0. The average molecular weight is 377 g/mol. The predicted octanol–water partition coefficient (Wildman–Crippen LogP) is 5.32. The highest BCUT2D eigenvalue weighted by Crippen LogP contribution is 2.38. The molecule has 0 spiro atoms. The summed E-state index contributed by atoms with van der Waals surface area (Å²) in [7, 11) is 0. The van der Waals surface area contributed by atoms with Crippen LogP contribution in [0.5, 0.6) is 0 Å². The summed E-state index contributed by atoms with van der Waals surface area (Å²) in [6, 6.07) is 5.38. The molecule has 0 saturated heterocycles. The van der Waals surface area contributed by atoms with Crippen molar-refractivity contribution in [1.82, 2.24) is 9.97 Å². The molecular formula is C17H14Cl2N4S. The van der Waals surface area contributed by atoms with Gasteiger partial charge in [-0.2, -0.15) is 5.10 Å². The molecular weight excluding hydrogens is 363 g/mol. The van der Waals surface area contributed by atoms with E-state index in [4.69, 9.17) is 23.2 Å². The molecule has 4 nitrogen and oxygen atoms in total. The number of rotatable bonds is 3. The van der Waals surface area contributed by atoms with Gasteiger partial charge >= 0.3 is 0 Å². The second kappa shape index (κ2) is 6.67. The maximum atomic E-state index is 6.16. The Morgan fingerprint density at radius 3 is 2.75 bits per heavy atom. The molecule has 0 atom stereocenters. The van der Waals surface area contributed by atoms with Crippen LogP contribution in [0.2, 0.25) is 10.0 Å². The Kier molecular flexibility index (Phi) is 4.39. The average Bonchev–Trinajstić information content (AvgIpc) is 2.97. The van der Waals surface area contributed by atoms with Gasteiger partial charge in [0.25, 0.3) is 0 Å². The molecule has 2 aromatic heterocycles. The fourth-order valence-corrected chi connectivity index (χ4v) is 4.69. The van der Waals surface area contributed by atoms with Gasteiger partial charge in [0.05, 0.1) is 21.6 Å². The first-order chi connectivity index (χ1) is 11.7. The second-order valence-corrected chi connectivity index (χ2v) is 7.52. The lowest BCUT2D eigenvalue weighted by Crippen LogP contribution is -2.01. The van der Waals surface area contributed by atoms with Gasteiger partial charge in [0.2, 0.25) is 0 Å². The summed E-state index contributed by atoms with van der Waals surface area (Å²) in [5.41, 5.74) is 5.09. The van der Waals surface area contributed by atoms with Crippen LogP contribution in [0, 0.1) is 0 Å². The van der Waals surface area contributed by atoms with Crippen LogP contribution in [0.25, 0.3) is 10.2 Å². The zero-order valence-electron chi connectivity index (χ0n) is 12.7. The molecule has 0 fully saturated rings. The predicted molar refractivity (Wildman–Crippen MR) is 102 cm³/mol. The lowest BCUT2D eigenvalue weighted by molar-refractivity contribution is 0.700.